The van der Waals surface area contributed by atoms with Gasteiger partial charge in [-0.2, -0.15) is 10.5 Å². The number of rotatable bonds is 3. The number of nitrogens with zero attached hydrogens (tertiary/aromatic N) is 3. The van der Waals surface area contributed by atoms with Crippen molar-refractivity contribution in [3.63, 3.8) is 0 Å². The molecule has 2 rings (SSSR count). The summed E-state index contributed by atoms with van der Waals surface area (Å²) in [6, 6.07) is 11.4. The average Bonchev–Trinajstić information content (AvgIpc) is 2.58. The molecule has 0 saturated carbocycles. The number of ether oxygens (including phenoxy) is 1. The lowest BCUT2D eigenvalue weighted by Crippen LogP contribution is -2.26. The highest BCUT2D eigenvalue weighted by Gasteiger charge is 2.26. The first kappa shape index (κ1) is 17.1. The van der Waals surface area contributed by atoms with Crippen molar-refractivity contribution in [3.8, 4) is 12.1 Å². The molecule has 1 heterocycles. The van der Waals surface area contributed by atoms with Gasteiger partial charge >= 0.3 is 0 Å². The fourth-order valence-electron chi connectivity index (χ4n) is 2.21. The van der Waals surface area contributed by atoms with E-state index in [1.807, 2.05) is 49.3 Å². The molecule has 1 aliphatic rings. The third-order valence-electron chi connectivity index (χ3n) is 3.58. The van der Waals surface area contributed by atoms with E-state index in [0.29, 0.717) is 5.76 Å². The highest BCUT2D eigenvalue weighted by atomic mass is 16.5. The molecule has 1 aliphatic heterocycles. The molecule has 0 N–H and O–H groups in total. The number of hydrogen-bond acceptors (Lipinski definition) is 5. The Morgan fingerprint density at radius 1 is 1.17 bits per heavy atom. The van der Waals surface area contributed by atoms with Gasteiger partial charge in [-0.3, -0.25) is 4.79 Å². The van der Waals surface area contributed by atoms with E-state index in [2.05, 4.69) is 0 Å². The van der Waals surface area contributed by atoms with E-state index in [4.69, 9.17) is 15.3 Å². The van der Waals surface area contributed by atoms with E-state index >= 15 is 0 Å². The molecule has 0 radical (unpaired) electrons. The van der Waals surface area contributed by atoms with E-state index in [-0.39, 0.29) is 16.9 Å². The second-order valence-electron chi connectivity index (χ2n) is 5.50. The van der Waals surface area contributed by atoms with E-state index in [1.165, 1.54) is 6.08 Å². The van der Waals surface area contributed by atoms with Crippen LogP contribution in [-0.2, 0) is 9.53 Å². The Morgan fingerprint density at radius 2 is 1.79 bits per heavy atom. The van der Waals surface area contributed by atoms with Gasteiger partial charge in [0.25, 0.3) is 0 Å². The number of benzene rings is 1. The monoisotopic (exact) mass is 319 g/mol. The van der Waals surface area contributed by atoms with Gasteiger partial charge in [0, 0.05) is 19.8 Å². The Bertz CT molecular complexity index is 800. The summed E-state index contributed by atoms with van der Waals surface area (Å²) in [6.07, 6.45) is 4.29. The molecule has 1 aromatic rings. The smallest absolute Gasteiger partial charge is 0.205 e. The van der Waals surface area contributed by atoms with Gasteiger partial charge in [0.1, 0.15) is 23.5 Å². The van der Waals surface area contributed by atoms with Crippen LogP contribution in [0.2, 0.25) is 0 Å². The first-order valence-electron chi connectivity index (χ1n) is 7.38. The zero-order valence-electron chi connectivity index (χ0n) is 13.8. The van der Waals surface area contributed by atoms with Gasteiger partial charge in [0.15, 0.2) is 6.10 Å². The predicted octanol–water partition coefficient (Wildman–Crippen LogP) is 2.98. The molecule has 0 saturated heterocycles. The third kappa shape index (κ3) is 3.71. The van der Waals surface area contributed by atoms with Crippen LogP contribution in [0.4, 0.5) is 5.69 Å². The molecule has 1 aromatic carbocycles. The molecule has 0 aliphatic carbocycles. The Balaban J connectivity index is 2.30. The summed E-state index contributed by atoms with van der Waals surface area (Å²) in [5.41, 5.74) is 1.97. The molecule has 0 bridgehead atoms. The molecule has 0 fully saturated rings. The van der Waals surface area contributed by atoms with E-state index in [9.17, 15) is 4.79 Å². The first-order chi connectivity index (χ1) is 11.5. The van der Waals surface area contributed by atoms with E-state index < -0.39 is 6.10 Å². The number of allylic oxidation sites excluding steroid dienone is 3. The summed E-state index contributed by atoms with van der Waals surface area (Å²) in [5, 5.41) is 17.9. The Labute approximate surface area is 141 Å². The second kappa shape index (κ2) is 7.30. The number of ketones is 1. The molecule has 5 nitrogen and oxygen atoms in total. The summed E-state index contributed by atoms with van der Waals surface area (Å²) in [7, 11) is 3.94. The van der Waals surface area contributed by atoms with Gasteiger partial charge in [-0.15, -0.1) is 0 Å². The maximum atomic E-state index is 12.0. The van der Waals surface area contributed by atoms with Crippen molar-refractivity contribution in [2.24, 2.45) is 0 Å². The number of carbonyl (C=O) groups is 1. The fourth-order valence-corrected chi connectivity index (χ4v) is 2.21. The van der Waals surface area contributed by atoms with Gasteiger partial charge in [0.2, 0.25) is 5.78 Å². The quantitative estimate of drug-likeness (QED) is 0.632. The van der Waals surface area contributed by atoms with E-state index in [1.54, 1.807) is 25.1 Å². The van der Waals surface area contributed by atoms with Crippen molar-refractivity contribution in [3.05, 3.63) is 58.9 Å². The topological polar surface area (TPSA) is 77.1 Å². The average molecular weight is 319 g/mol. The number of carbonyl (C=O) groups excluding carboxylic acids is 1. The Hall–Kier alpha value is -3.31. The largest absolute Gasteiger partial charge is 0.483 e. The van der Waals surface area contributed by atoms with Crippen LogP contribution < -0.4 is 4.90 Å². The van der Waals surface area contributed by atoms with Gasteiger partial charge in [-0.05, 0) is 36.8 Å². The summed E-state index contributed by atoms with van der Waals surface area (Å²) in [6.45, 7) is 1.60. The van der Waals surface area contributed by atoms with Crippen LogP contribution in [0.1, 0.15) is 12.5 Å². The molecule has 1 unspecified atom stereocenters. The molecular formula is C19H17N3O2. The molecule has 0 amide bonds. The van der Waals surface area contributed by atoms with Gasteiger partial charge in [0.05, 0.1) is 5.57 Å². The second-order valence-corrected chi connectivity index (χ2v) is 5.50. The molecule has 0 spiro atoms. The van der Waals surface area contributed by atoms with Gasteiger partial charge in [-0.25, -0.2) is 0 Å². The van der Waals surface area contributed by atoms with Crippen LogP contribution in [0.5, 0.6) is 0 Å². The Morgan fingerprint density at radius 3 is 2.33 bits per heavy atom. The lowest BCUT2D eigenvalue weighted by molar-refractivity contribution is -0.123. The van der Waals surface area contributed by atoms with Crippen molar-refractivity contribution in [2.45, 2.75) is 13.0 Å². The summed E-state index contributed by atoms with van der Waals surface area (Å²) < 4.78 is 5.52. The number of hydrogen-bond donors (Lipinski definition) is 0. The highest BCUT2D eigenvalue weighted by molar-refractivity contribution is 6.04. The van der Waals surface area contributed by atoms with Crippen LogP contribution in [0.25, 0.3) is 6.08 Å². The van der Waals surface area contributed by atoms with Gasteiger partial charge < -0.3 is 9.64 Å². The number of anilines is 1. The minimum Gasteiger partial charge on any atom is -0.483 e. The maximum Gasteiger partial charge on any atom is 0.205 e. The van der Waals surface area contributed by atoms with Crippen LogP contribution in [0.3, 0.4) is 0 Å². The third-order valence-corrected chi connectivity index (χ3v) is 3.58. The molecule has 24 heavy (non-hydrogen) atoms. The SMILES string of the molecule is CC1OC(C=Cc2ccc(N(C)C)cc2)=CC(=C(C#N)C#N)C1=O. The van der Waals surface area contributed by atoms with Crippen LogP contribution in [0.15, 0.2) is 53.3 Å². The lowest BCUT2D eigenvalue weighted by Gasteiger charge is -2.20. The van der Waals surface area contributed by atoms with Crippen LogP contribution in [0, 0.1) is 22.7 Å². The Kier molecular flexibility index (Phi) is 5.19. The predicted molar refractivity (Wildman–Crippen MR) is 91.7 cm³/mol. The molecule has 5 heteroatoms. The summed E-state index contributed by atoms with van der Waals surface area (Å²) in [4.78, 5) is 14.1. The molecule has 0 aromatic heterocycles. The fraction of sp³-hybridized carbons (Fsp3) is 0.211. The van der Waals surface area contributed by atoms with Crippen molar-refractivity contribution >= 4 is 17.5 Å². The summed E-state index contributed by atoms with van der Waals surface area (Å²) in [5.74, 6) is 0.0809. The van der Waals surface area contributed by atoms with E-state index in [0.717, 1.165) is 11.3 Å². The van der Waals surface area contributed by atoms with Crippen molar-refractivity contribution < 1.29 is 9.53 Å². The minimum absolute atomic E-state index is 0.0985. The van der Waals surface area contributed by atoms with Gasteiger partial charge in [-0.1, -0.05) is 18.2 Å². The minimum atomic E-state index is -0.725. The van der Waals surface area contributed by atoms with Crippen molar-refractivity contribution in [1.29, 1.82) is 10.5 Å². The number of nitriles is 2. The van der Waals surface area contributed by atoms with Crippen LogP contribution in [-0.4, -0.2) is 26.0 Å². The number of Topliss-reactive ketones (excluding diaryl/α,β-unsaturated/α-hetero) is 1. The zero-order chi connectivity index (χ0) is 17.7. The summed E-state index contributed by atoms with van der Waals surface area (Å²) >= 11 is 0. The van der Waals surface area contributed by atoms with Crippen LogP contribution >= 0.6 is 0 Å². The first-order valence-corrected chi connectivity index (χ1v) is 7.38. The maximum absolute atomic E-state index is 12.0. The molecule has 120 valence electrons. The normalized spacial score (nSPS) is 16.9. The standard InChI is InChI=1S/C19H17N3O2/c1-13-19(23)18(15(11-20)12-21)10-17(24-13)9-6-14-4-7-16(8-5-14)22(2)3/h4-10,13H,1-3H3. The molecule has 1 atom stereocenters. The molecular weight excluding hydrogens is 302 g/mol. The lowest BCUT2D eigenvalue weighted by atomic mass is 9.98. The van der Waals surface area contributed by atoms with Crippen molar-refractivity contribution in [2.75, 3.05) is 19.0 Å². The van der Waals surface area contributed by atoms with Crippen molar-refractivity contribution in [1.82, 2.24) is 0 Å². The zero-order valence-corrected chi connectivity index (χ0v) is 13.8. The highest BCUT2D eigenvalue weighted by Crippen LogP contribution is 2.23.